The van der Waals surface area contributed by atoms with Crippen LogP contribution in [0.2, 0.25) is 0 Å². The summed E-state index contributed by atoms with van der Waals surface area (Å²) >= 11 is 0. The molecule has 0 aliphatic carbocycles. The predicted molar refractivity (Wildman–Crippen MR) is 73.4 cm³/mol. The van der Waals surface area contributed by atoms with E-state index in [1.807, 2.05) is 24.3 Å². The van der Waals surface area contributed by atoms with Gasteiger partial charge in [0.25, 0.3) is 0 Å². The summed E-state index contributed by atoms with van der Waals surface area (Å²) in [4.78, 5) is 12.1. The zero-order valence-electron chi connectivity index (χ0n) is 11.0. The zero-order valence-corrected chi connectivity index (χ0v) is 11.0. The molecule has 2 aromatic rings. The first-order valence-corrected chi connectivity index (χ1v) is 6.68. The van der Waals surface area contributed by atoms with E-state index < -0.39 is 0 Å². The van der Waals surface area contributed by atoms with Crippen LogP contribution in [0.15, 0.2) is 30.6 Å². The topological polar surface area (TPSA) is 84.7 Å². The van der Waals surface area contributed by atoms with Crippen molar-refractivity contribution in [2.75, 3.05) is 18.4 Å². The highest BCUT2D eigenvalue weighted by molar-refractivity contribution is 5.92. The van der Waals surface area contributed by atoms with Gasteiger partial charge in [-0.25, -0.2) is 4.68 Å². The molecule has 2 N–H and O–H groups in total. The lowest BCUT2D eigenvalue weighted by Gasteiger charge is -2.21. The van der Waals surface area contributed by atoms with Crippen LogP contribution in [-0.2, 0) is 4.79 Å². The molecule has 1 fully saturated rings. The van der Waals surface area contributed by atoms with Crippen LogP contribution in [0.5, 0.6) is 0 Å². The number of nitrogens with zero attached hydrogens (tertiary/aromatic N) is 4. The molecule has 0 spiro atoms. The van der Waals surface area contributed by atoms with Crippen molar-refractivity contribution in [2.45, 2.75) is 12.8 Å². The number of carbonyl (C=O) groups is 1. The van der Waals surface area contributed by atoms with Gasteiger partial charge in [-0.3, -0.25) is 4.79 Å². The normalized spacial score (nSPS) is 18.7. The summed E-state index contributed by atoms with van der Waals surface area (Å²) in [6, 6.07) is 7.44. The zero-order chi connectivity index (χ0) is 13.8. The van der Waals surface area contributed by atoms with Crippen molar-refractivity contribution in [2.24, 2.45) is 5.92 Å². The van der Waals surface area contributed by atoms with Gasteiger partial charge in [0.2, 0.25) is 5.91 Å². The van der Waals surface area contributed by atoms with Crippen molar-refractivity contribution in [1.82, 2.24) is 25.5 Å². The lowest BCUT2D eigenvalue weighted by molar-refractivity contribution is -0.120. The maximum Gasteiger partial charge on any atom is 0.228 e. The third-order valence-corrected chi connectivity index (χ3v) is 3.42. The van der Waals surface area contributed by atoms with Gasteiger partial charge in [-0.15, -0.1) is 5.10 Å². The van der Waals surface area contributed by atoms with Crippen LogP contribution in [0.25, 0.3) is 5.69 Å². The van der Waals surface area contributed by atoms with E-state index >= 15 is 0 Å². The van der Waals surface area contributed by atoms with E-state index in [1.54, 1.807) is 4.68 Å². The molecule has 1 aromatic heterocycles. The van der Waals surface area contributed by atoms with Gasteiger partial charge in [-0.2, -0.15) is 0 Å². The lowest BCUT2D eigenvalue weighted by atomic mass is 9.99. The van der Waals surface area contributed by atoms with Crippen molar-refractivity contribution >= 4 is 11.6 Å². The van der Waals surface area contributed by atoms with Gasteiger partial charge >= 0.3 is 0 Å². The van der Waals surface area contributed by atoms with Crippen LogP contribution in [-0.4, -0.2) is 39.2 Å². The van der Waals surface area contributed by atoms with Crippen molar-refractivity contribution in [3.8, 4) is 5.69 Å². The van der Waals surface area contributed by atoms with Crippen molar-refractivity contribution in [1.29, 1.82) is 0 Å². The summed E-state index contributed by atoms with van der Waals surface area (Å²) in [5.74, 6) is 0.135. The number of hydrogen-bond acceptors (Lipinski definition) is 5. The molecule has 1 amide bonds. The summed E-state index contributed by atoms with van der Waals surface area (Å²) in [6.07, 6.45) is 3.53. The molecule has 0 saturated carbocycles. The van der Waals surface area contributed by atoms with E-state index in [0.29, 0.717) is 0 Å². The average Bonchev–Trinajstić information content (AvgIpc) is 3.03. The Labute approximate surface area is 116 Å². The number of aromatic nitrogens is 4. The summed E-state index contributed by atoms with van der Waals surface area (Å²) in [7, 11) is 0. The molecule has 7 nitrogen and oxygen atoms in total. The third-order valence-electron chi connectivity index (χ3n) is 3.42. The lowest BCUT2D eigenvalue weighted by Crippen LogP contribution is -2.37. The maximum atomic E-state index is 12.1. The molecule has 0 radical (unpaired) electrons. The highest BCUT2D eigenvalue weighted by atomic mass is 16.1. The minimum Gasteiger partial charge on any atom is -0.326 e. The molecule has 2 heterocycles. The van der Waals surface area contributed by atoms with Gasteiger partial charge in [-0.05, 0) is 54.1 Å². The summed E-state index contributed by atoms with van der Waals surface area (Å²) in [5.41, 5.74) is 1.64. The van der Waals surface area contributed by atoms with Crippen molar-refractivity contribution in [3.63, 3.8) is 0 Å². The number of hydrogen-bond donors (Lipinski definition) is 2. The molecule has 0 bridgehead atoms. The standard InChI is InChI=1S/C13H16N6O/c20-13(10-2-1-7-14-8-10)16-11-3-5-12(6-4-11)19-9-15-17-18-19/h3-6,9-10,14H,1-2,7-8H2,(H,16,20). The van der Waals surface area contributed by atoms with Gasteiger partial charge in [0, 0.05) is 12.2 Å². The summed E-state index contributed by atoms with van der Waals surface area (Å²) in [5, 5.41) is 17.2. The number of tetrazole rings is 1. The van der Waals surface area contributed by atoms with E-state index in [0.717, 1.165) is 37.3 Å². The second-order valence-corrected chi connectivity index (χ2v) is 4.83. The van der Waals surface area contributed by atoms with E-state index in [4.69, 9.17) is 0 Å². The average molecular weight is 272 g/mol. The van der Waals surface area contributed by atoms with Crippen LogP contribution in [0.1, 0.15) is 12.8 Å². The largest absolute Gasteiger partial charge is 0.326 e. The molecule has 1 atom stereocenters. The Morgan fingerprint density at radius 1 is 1.35 bits per heavy atom. The number of anilines is 1. The Balaban J connectivity index is 1.64. The Hall–Kier alpha value is -2.28. The van der Waals surface area contributed by atoms with Crippen LogP contribution in [0, 0.1) is 5.92 Å². The number of amides is 1. The SMILES string of the molecule is O=C(Nc1ccc(-n2cnnn2)cc1)C1CCCNC1. The first-order valence-electron chi connectivity index (χ1n) is 6.68. The number of nitrogens with one attached hydrogen (secondary N) is 2. The molecule has 1 aromatic carbocycles. The van der Waals surface area contributed by atoms with Crippen LogP contribution in [0.3, 0.4) is 0 Å². The Kier molecular flexibility index (Phi) is 3.69. The van der Waals surface area contributed by atoms with Gasteiger partial charge < -0.3 is 10.6 Å². The number of carbonyl (C=O) groups excluding carboxylic acids is 1. The second-order valence-electron chi connectivity index (χ2n) is 4.83. The quantitative estimate of drug-likeness (QED) is 0.854. The smallest absolute Gasteiger partial charge is 0.228 e. The van der Waals surface area contributed by atoms with E-state index in [-0.39, 0.29) is 11.8 Å². The van der Waals surface area contributed by atoms with Crippen LogP contribution >= 0.6 is 0 Å². The van der Waals surface area contributed by atoms with Crippen LogP contribution in [0.4, 0.5) is 5.69 Å². The van der Waals surface area contributed by atoms with Crippen molar-refractivity contribution in [3.05, 3.63) is 30.6 Å². The summed E-state index contributed by atoms with van der Waals surface area (Å²) in [6.45, 7) is 1.76. The van der Waals surface area contributed by atoms with Gasteiger partial charge in [0.05, 0.1) is 11.6 Å². The fraction of sp³-hybridized carbons (Fsp3) is 0.385. The molecular formula is C13H16N6O. The molecular weight excluding hydrogens is 256 g/mol. The molecule has 7 heteroatoms. The Morgan fingerprint density at radius 2 is 2.20 bits per heavy atom. The molecule has 104 valence electrons. The maximum absolute atomic E-state index is 12.1. The number of rotatable bonds is 3. The molecule has 1 aliphatic rings. The van der Waals surface area contributed by atoms with E-state index in [2.05, 4.69) is 26.2 Å². The summed E-state index contributed by atoms with van der Waals surface area (Å²) < 4.78 is 1.57. The van der Waals surface area contributed by atoms with Gasteiger partial charge in [0.1, 0.15) is 6.33 Å². The minimum absolute atomic E-state index is 0.0583. The van der Waals surface area contributed by atoms with Crippen LogP contribution < -0.4 is 10.6 Å². The van der Waals surface area contributed by atoms with Gasteiger partial charge in [-0.1, -0.05) is 0 Å². The van der Waals surface area contributed by atoms with E-state index in [9.17, 15) is 4.79 Å². The number of benzene rings is 1. The Bertz CT molecular complexity index is 559. The molecule has 20 heavy (non-hydrogen) atoms. The minimum atomic E-state index is 0.0583. The predicted octanol–water partition coefficient (Wildman–Crippen LogP) is 0.600. The first kappa shape index (κ1) is 12.7. The van der Waals surface area contributed by atoms with Crippen molar-refractivity contribution < 1.29 is 4.79 Å². The van der Waals surface area contributed by atoms with Gasteiger partial charge in [0.15, 0.2) is 0 Å². The molecule has 1 unspecified atom stereocenters. The second kappa shape index (κ2) is 5.79. The fourth-order valence-corrected chi connectivity index (χ4v) is 2.30. The Morgan fingerprint density at radius 3 is 2.85 bits per heavy atom. The molecule has 1 aliphatic heterocycles. The highest BCUT2D eigenvalue weighted by Gasteiger charge is 2.20. The van der Waals surface area contributed by atoms with E-state index in [1.165, 1.54) is 6.33 Å². The fourth-order valence-electron chi connectivity index (χ4n) is 2.30. The number of piperidine rings is 1. The third kappa shape index (κ3) is 2.83. The molecule has 1 saturated heterocycles. The first-order chi connectivity index (χ1) is 9.83. The molecule has 3 rings (SSSR count). The monoisotopic (exact) mass is 272 g/mol. The highest BCUT2D eigenvalue weighted by Crippen LogP contribution is 2.16.